The Bertz CT molecular complexity index is 185. The lowest BCUT2D eigenvalue weighted by atomic mass is 10.2. The molecule has 0 radical (unpaired) electrons. The lowest BCUT2D eigenvalue weighted by molar-refractivity contribution is 0.0531. The highest BCUT2D eigenvalue weighted by molar-refractivity contribution is 14.1. The van der Waals surface area contributed by atoms with E-state index in [1.54, 1.807) is 10.8 Å². The standard InChI is InChI=1S/C9H18INO2S2/c1-9(2,3)13-8(12)11-5-7-15-14-6-4-10/h4-7H2,1-3H3,(H,11,12). The number of alkyl carbamates (subject to hydrolysis) is 1. The summed E-state index contributed by atoms with van der Waals surface area (Å²) in [5.41, 5.74) is -0.410. The van der Waals surface area contributed by atoms with Crippen LogP contribution in [0.15, 0.2) is 0 Å². The van der Waals surface area contributed by atoms with Crippen LogP contribution in [-0.4, -0.2) is 34.2 Å². The minimum Gasteiger partial charge on any atom is -0.444 e. The van der Waals surface area contributed by atoms with Gasteiger partial charge in [-0.05, 0) is 20.8 Å². The second kappa shape index (κ2) is 8.81. The molecular weight excluding hydrogens is 345 g/mol. The second-order valence-corrected chi connectivity index (χ2v) is 7.54. The van der Waals surface area contributed by atoms with Gasteiger partial charge >= 0.3 is 6.09 Å². The first-order valence-electron chi connectivity index (χ1n) is 4.73. The monoisotopic (exact) mass is 363 g/mol. The van der Waals surface area contributed by atoms with Crippen LogP contribution >= 0.6 is 44.2 Å². The largest absolute Gasteiger partial charge is 0.444 e. The number of rotatable bonds is 6. The number of hydrogen-bond acceptors (Lipinski definition) is 4. The Morgan fingerprint density at radius 3 is 2.47 bits per heavy atom. The predicted molar refractivity (Wildman–Crippen MR) is 78.0 cm³/mol. The van der Waals surface area contributed by atoms with Crippen molar-refractivity contribution in [3.63, 3.8) is 0 Å². The SMILES string of the molecule is CC(C)(C)OC(=O)NCCSSCCI. The van der Waals surface area contributed by atoms with Crippen molar-refractivity contribution in [2.45, 2.75) is 26.4 Å². The number of amides is 1. The molecular formula is C9H18INO2S2. The van der Waals surface area contributed by atoms with Crippen molar-refractivity contribution in [2.75, 3.05) is 22.5 Å². The van der Waals surface area contributed by atoms with Crippen LogP contribution < -0.4 is 5.32 Å². The first-order valence-corrected chi connectivity index (χ1v) is 8.74. The summed E-state index contributed by atoms with van der Waals surface area (Å²) in [6, 6.07) is 0. The van der Waals surface area contributed by atoms with Crippen molar-refractivity contribution < 1.29 is 9.53 Å². The van der Waals surface area contributed by atoms with Crippen molar-refractivity contribution in [3.8, 4) is 0 Å². The van der Waals surface area contributed by atoms with Crippen LogP contribution in [0.3, 0.4) is 0 Å². The van der Waals surface area contributed by atoms with E-state index in [4.69, 9.17) is 4.74 Å². The number of carbonyl (C=O) groups excluding carboxylic acids is 1. The molecule has 15 heavy (non-hydrogen) atoms. The molecule has 0 aliphatic heterocycles. The maximum Gasteiger partial charge on any atom is 0.407 e. The molecule has 0 aliphatic carbocycles. The number of hydrogen-bond donors (Lipinski definition) is 1. The van der Waals surface area contributed by atoms with Crippen molar-refractivity contribution >= 4 is 50.3 Å². The quantitative estimate of drug-likeness (QED) is 0.340. The summed E-state index contributed by atoms with van der Waals surface area (Å²) in [5.74, 6) is 2.07. The van der Waals surface area contributed by atoms with Gasteiger partial charge in [0.1, 0.15) is 5.60 Å². The van der Waals surface area contributed by atoms with E-state index in [1.807, 2.05) is 31.6 Å². The molecule has 0 aromatic heterocycles. The van der Waals surface area contributed by atoms with Crippen LogP contribution in [0.1, 0.15) is 20.8 Å². The zero-order valence-electron chi connectivity index (χ0n) is 9.34. The second-order valence-electron chi connectivity index (χ2n) is 3.76. The summed E-state index contributed by atoms with van der Waals surface area (Å²) in [6.07, 6.45) is -0.331. The van der Waals surface area contributed by atoms with Crippen molar-refractivity contribution in [2.24, 2.45) is 0 Å². The first kappa shape index (κ1) is 15.7. The molecule has 90 valence electrons. The fourth-order valence-electron chi connectivity index (χ4n) is 0.658. The van der Waals surface area contributed by atoms with E-state index in [2.05, 4.69) is 27.9 Å². The highest BCUT2D eigenvalue weighted by Crippen LogP contribution is 2.20. The zero-order chi connectivity index (χ0) is 11.7. The summed E-state index contributed by atoms with van der Waals surface area (Å²) in [4.78, 5) is 11.2. The van der Waals surface area contributed by atoms with Gasteiger partial charge in [0.25, 0.3) is 0 Å². The molecule has 0 aromatic carbocycles. The Morgan fingerprint density at radius 2 is 1.93 bits per heavy atom. The van der Waals surface area contributed by atoms with E-state index in [0.29, 0.717) is 6.54 Å². The van der Waals surface area contributed by atoms with Gasteiger partial charge in [0.2, 0.25) is 0 Å². The molecule has 0 aliphatic rings. The Morgan fingerprint density at radius 1 is 1.33 bits per heavy atom. The summed E-state index contributed by atoms with van der Waals surface area (Å²) in [6.45, 7) is 6.24. The maximum absolute atomic E-state index is 11.2. The van der Waals surface area contributed by atoms with Crippen LogP contribution in [0.2, 0.25) is 0 Å². The van der Waals surface area contributed by atoms with Crippen LogP contribution in [0, 0.1) is 0 Å². The fourth-order valence-corrected chi connectivity index (χ4v) is 3.91. The molecule has 0 heterocycles. The summed E-state index contributed by atoms with van der Waals surface area (Å²) < 4.78 is 6.26. The van der Waals surface area contributed by atoms with Gasteiger partial charge in [-0.3, -0.25) is 0 Å². The Labute approximate surface area is 113 Å². The van der Waals surface area contributed by atoms with Crippen molar-refractivity contribution in [1.29, 1.82) is 0 Å². The molecule has 0 aromatic rings. The number of ether oxygens (including phenoxy) is 1. The third-order valence-electron chi connectivity index (χ3n) is 1.10. The topological polar surface area (TPSA) is 38.3 Å². The molecule has 3 nitrogen and oxygen atoms in total. The lowest BCUT2D eigenvalue weighted by Crippen LogP contribution is -2.33. The van der Waals surface area contributed by atoms with E-state index in [0.717, 1.165) is 15.9 Å². The van der Waals surface area contributed by atoms with Gasteiger partial charge in [-0.15, -0.1) is 0 Å². The smallest absolute Gasteiger partial charge is 0.407 e. The number of halogens is 1. The van der Waals surface area contributed by atoms with Crippen LogP contribution in [0.4, 0.5) is 4.79 Å². The maximum atomic E-state index is 11.2. The summed E-state index contributed by atoms with van der Waals surface area (Å²) >= 11 is 2.35. The van der Waals surface area contributed by atoms with E-state index in [1.165, 1.54) is 0 Å². The average molecular weight is 363 g/mol. The molecule has 0 fully saturated rings. The third kappa shape index (κ3) is 12.6. The highest BCUT2D eigenvalue weighted by atomic mass is 127. The summed E-state index contributed by atoms with van der Waals surface area (Å²) in [7, 11) is 3.61. The van der Waals surface area contributed by atoms with Crippen LogP contribution in [0.5, 0.6) is 0 Å². The predicted octanol–water partition coefficient (Wildman–Crippen LogP) is 3.33. The number of nitrogens with one attached hydrogen (secondary N) is 1. The summed E-state index contributed by atoms with van der Waals surface area (Å²) in [5, 5.41) is 2.72. The highest BCUT2D eigenvalue weighted by Gasteiger charge is 2.15. The van der Waals surface area contributed by atoms with Gasteiger partial charge in [0.15, 0.2) is 0 Å². The molecule has 0 spiro atoms. The minimum absolute atomic E-state index is 0.331. The first-order chi connectivity index (χ1) is 6.95. The minimum atomic E-state index is -0.410. The van der Waals surface area contributed by atoms with Gasteiger partial charge in [-0.2, -0.15) is 0 Å². The van der Waals surface area contributed by atoms with Crippen LogP contribution in [-0.2, 0) is 4.74 Å². The van der Waals surface area contributed by atoms with Gasteiger partial charge < -0.3 is 10.1 Å². The molecule has 6 heteroatoms. The van der Waals surface area contributed by atoms with E-state index in [-0.39, 0.29) is 6.09 Å². The van der Waals surface area contributed by atoms with E-state index < -0.39 is 5.60 Å². The van der Waals surface area contributed by atoms with Gasteiger partial charge in [0.05, 0.1) is 0 Å². The Balaban J connectivity index is 3.32. The molecule has 0 saturated carbocycles. The molecule has 0 bridgehead atoms. The lowest BCUT2D eigenvalue weighted by Gasteiger charge is -2.19. The van der Waals surface area contributed by atoms with Gasteiger partial charge in [-0.25, -0.2) is 4.79 Å². The zero-order valence-corrected chi connectivity index (χ0v) is 13.1. The molecule has 0 unspecified atom stereocenters. The van der Waals surface area contributed by atoms with Gasteiger partial charge in [0, 0.05) is 22.5 Å². The van der Waals surface area contributed by atoms with E-state index in [9.17, 15) is 4.79 Å². The van der Waals surface area contributed by atoms with Gasteiger partial charge in [-0.1, -0.05) is 44.2 Å². The third-order valence-corrected chi connectivity index (χ3v) is 4.78. The van der Waals surface area contributed by atoms with Crippen molar-refractivity contribution in [3.05, 3.63) is 0 Å². The molecule has 0 rings (SSSR count). The van der Waals surface area contributed by atoms with E-state index >= 15 is 0 Å². The Kier molecular flexibility index (Phi) is 9.22. The number of carbonyl (C=O) groups is 1. The molecule has 1 amide bonds. The average Bonchev–Trinajstić information content (AvgIpc) is 2.08. The van der Waals surface area contributed by atoms with Crippen molar-refractivity contribution in [1.82, 2.24) is 5.32 Å². The number of alkyl halides is 1. The Hall–Kier alpha value is 0.700. The molecule has 0 saturated heterocycles. The molecule has 0 atom stereocenters. The van der Waals surface area contributed by atoms with Crippen LogP contribution in [0.25, 0.3) is 0 Å². The fraction of sp³-hybridized carbons (Fsp3) is 0.889. The molecule has 1 N–H and O–H groups in total. The normalized spacial score (nSPS) is 11.2.